The van der Waals surface area contributed by atoms with Gasteiger partial charge >= 0.3 is 6.03 Å². The first-order chi connectivity index (χ1) is 14.0. The van der Waals surface area contributed by atoms with Gasteiger partial charge in [-0.3, -0.25) is 9.78 Å². The summed E-state index contributed by atoms with van der Waals surface area (Å²) in [4.78, 5) is 36.5. The second-order valence-corrected chi connectivity index (χ2v) is 7.58. The standard InChI is InChI=1S/C20H20ClN5O3/c21-14-4-6-15(7-5-14)24-19(28)26-10-2-8-20(13-26)11-17(25-29-20)18(27)23-16-3-1-9-22-12-16/h1,3-7,9,12H,2,8,10-11,13H2,(H,23,27)(H,24,28)/t20-/m0/s1. The fraction of sp³-hybridized carbons (Fsp3) is 0.300. The lowest BCUT2D eigenvalue weighted by Crippen LogP contribution is -2.52. The molecule has 0 radical (unpaired) electrons. The number of nitrogens with one attached hydrogen (secondary N) is 2. The van der Waals surface area contributed by atoms with E-state index in [2.05, 4.69) is 20.8 Å². The molecule has 29 heavy (non-hydrogen) atoms. The molecule has 0 bridgehead atoms. The van der Waals surface area contributed by atoms with E-state index in [9.17, 15) is 9.59 Å². The van der Waals surface area contributed by atoms with Crippen molar-refractivity contribution in [2.75, 3.05) is 23.7 Å². The molecule has 1 saturated heterocycles. The molecule has 0 unspecified atom stereocenters. The van der Waals surface area contributed by atoms with Crippen molar-refractivity contribution in [2.24, 2.45) is 5.16 Å². The minimum absolute atomic E-state index is 0.219. The number of amides is 3. The summed E-state index contributed by atoms with van der Waals surface area (Å²) in [6, 6.07) is 10.2. The first kappa shape index (κ1) is 19.2. The van der Waals surface area contributed by atoms with E-state index in [1.807, 2.05) is 0 Å². The monoisotopic (exact) mass is 413 g/mol. The maximum Gasteiger partial charge on any atom is 0.321 e. The highest BCUT2D eigenvalue weighted by Crippen LogP contribution is 2.34. The van der Waals surface area contributed by atoms with Gasteiger partial charge < -0.3 is 20.4 Å². The molecule has 3 heterocycles. The molecule has 1 aromatic carbocycles. The summed E-state index contributed by atoms with van der Waals surface area (Å²) < 4.78 is 0. The number of nitrogens with zero attached hydrogens (tertiary/aromatic N) is 3. The number of carbonyl (C=O) groups is 2. The molecule has 2 N–H and O–H groups in total. The molecule has 9 heteroatoms. The van der Waals surface area contributed by atoms with Crippen LogP contribution in [0.2, 0.25) is 5.02 Å². The zero-order chi connectivity index (χ0) is 20.3. The van der Waals surface area contributed by atoms with Gasteiger partial charge in [0.25, 0.3) is 5.91 Å². The summed E-state index contributed by atoms with van der Waals surface area (Å²) in [7, 11) is 0. The molecule has 2 aliphatic heterocycles. The van der Waals surface area contributed by atoms with Gasteiger partial charge in [-0.15, -0.1) is 0 Å². The Kier molecular flexibility index (Phi) is 5.35. The second kappa shape index (κ2) is 8.08. The van der Waals surface area contributed by atoms with Crippen molar-refractivity contribution in [3.05, 3.63) is 53.8 Å². The Morgan fingerprint density at radius 2 is 1.97 bits per heavy atom. The molecule has 2 aliphatic rings. The number of rotatable bonds is 3. The molecule has 0 saturated carbocycles. The van der Waals surface area contributed by atoms with Crippen LogP contribution < -0.4 is 10.6 Å². The van der Waals surface area contributed by atoms with Crippen LogP contribution in [0.5, 0.6) is 0 Å². The van der Waals surface area contributed by atoms with E-state index in [1.54, 1.807) is 53.7 Å². The molecule has 1 atom stereocenters. The molecule has 1 fully saturated rings. The lowest BCUT2D eigenvalue weighted by Gasteiger charge is -2.38. The van der Waals surface area contributed by atoms with Crippen LogP contribution in [0.1, 0.15) is 19.3 Å². The highest BCUT2D eigenvalue weighted by Gasteiger charge is 2.45. The maximum absolute atomic E-state index is 12.7. The van der Waals surface area contributed by atoms with Gasteiger partial charge in [-0.1, -0.05) is 16.8 Å². The van der Waals surface area contributed by atoms with Gasteiger partial charge in [0.1, 0.15) is 5.71 Å². The maximum atomic E-state index is 12.7. The molecule has 4 rings (SSSR count). The van der Waals surface area contributed by atoms with Gasteiger partial charge in [-0.2, -0.15) is 0 Å². The first-order valence-electron chi connectivity index (χ1n) is 9.31. The van der Waals surface area contributed by atoms with Gasteiger partial charge in [0.15, 0.2) is 5.60 Å². The number of anilines is 2. The predicted molar refractivity (Wildman–Crippen MR) is 110 cm³/mol. The number of piperidine rings is 1. The average molecular weight is 414 g/mol. The molecule has 1 aromatic heterocycles. The van der Waals surface area contributed by atoms with E-state index < -0.39 is 5.60 Å². The van der Waals surface area contributed by atoms with Crippen molar-refractivity contribution < 1.29 is 14.4 Å². The number of pyridine rings is 1. The van der Waals surface area contributed by atoms with Gasteiger partial charge in [0, 0.05) is 29.9 Å². The lowest BCUT2D eigenvalue weighted by molar-refractivity contribution is -0.110. The predicted octanol–water partition coefficient (Wildman–Crippen LogP) is 3.52. The van der Waals surface area contributed by atoms with E-state index in [0.717, 1.165) is 12.8 Å². The Bertz CT molecular complexity index is 935. The van der Waals surface area contributed by atoms with Gasteiger partial charge in [-0.25, -0.2) is 4.79 Å². The minimum Gasteiger partial charge on any atom is -0.386 e. The normalized spacial score (nSPS) is 20.7. The third-order valence-electron chi connectivity index (χ3n) is 4.94. The van der Waals surface area contributed by atoms with E-state index in [0.29, 0.717) is 41.6 Å². The third-order valence-corrected chi connectivity index (χ3v) is 5.19. The van der Waals surface area contributed by atoms with Gasteiger partial charge in [0.05, 0.1) is 18.4 Å². The van der Waals surface area contributed by atoms with Crippen LogP contribution in [0, 0.1) is 0 Å². The number of hydrogen-bond donors (Lipinski definition) is 2. The van der Waals surface area contributed by atoms with E-state index in [1.165, 1.54) is 0 Å². The zero-order valence-electron chi connectivity index (χ0n) is 15.6. The van der Waals surface area contributed by atoms with Crippen molar-refractivity contribution in [1.82, 2.24) is 9.88 Å². The molecular formula is C20H20ClN5O3. The number of aromatic nitrogens is 1. The highest BCUT2D eigenvalue weighted by atomic mass is 35.5. The molecule has 1 spiro atoms. The molecular weight excluding hydrogens is 394 g/mol. The SMILES string of the molecule is O=C(Nc1cccnc1)C1=NO[C@@]2(CCCN(C(=O)Nc3ccc(Cl)cc3)C2)C1. The van der Waals surface area contributed by atoms with Crippen molar-refractivity contribution in [1.29, 1.82) is 0 Å². The van der Waals surface area contributed by atoms with Crippen LogP contribution in [0.25, 0.3) is 0 Å². The number of oxime groups is 1. The van der Waals surface area contributed by atoms with Crippen LogP contribution in [0.4, 0.5) is 16.2 Å². The summed E-state index contributed by atoms with van der Waals surface area (Å²) >= 11 is 5.88. The van der Waals surface area contributed by atoms with Gasteiger partial charge in [0.2, 0.25) is 0 Å². The van der Waals surface area contributed by atoms with Crippen LogP contribution in [0.15, 0.2) is 53.9 Å². The first-order valence-corrected chi connectivity index (χ1v) is 9.69. The number of halogens is 1. The van der Waals surface area contributed by atoms with Crippen molar-refractivity contribution in [3.8, 4) is 0 Å². The summed E-state index contributed by atoms with van der Waals surface area (Å²) in [6.07, 6.45) is 5.04. The molecule has 8 nitrogen and oxygen atoms in total. The van der Waals surface area contributed by atoms with Crippen LogP contribution in [0.3, 0.4) is 0 Å². The van der Waals surface area contributed by atoms with Crippen molar-refractivity contribution in [3.63, 3.8) is 0 Å². The Balaban J connectivity index is 1.36. The summed E-state index contributed by atoms with van der Waals surface area (Å²) in [6.45, 7) is 0.974. The largest absolute Gasteiger partial charge is 0.386 e. The minimum atomic E-state index is -0.669. The lowest BCUT2D eigenvalue weighted by atomic mass is 9.88. The van der Waals surface area contributed by atoms with Gasteiger partial charge in [-0.05, 0) is 49.2 Å². The Morgan fingerprint density at radius 3 is 2.72 bits per heavy atom. The second-order valence-electron chi connectivity index (χ2n) is 7.15. The Morgan fingerprint density at radius 1 is 1.14 bits per heavy atom. The number of urea groups is 1. The van der Waals surface area contributed by atoms with E-state index in [4.69, 9.17) is 16.4 Å². The Labute approximate surface area is 172 Å². The highest BCUT2D eigenvalue weighted by molar-refractivity contribution is 6.43. The fourth-order valence-electron chi connectivity index (χ4n) is 3.51. The number of benzene rings is 1. The number of hydrogen-bond acceptors (Lipinski definition) is 5. The summed E-state index contributed by atoms with van der Waals surface area (Å²) in [5.41, 5.74) is 0.902. The third kappa shape index (κ3) is 4.48. The molecule has 3 amide bonds. The smallest absolute Gasteiger partial charge is 0.321 e. The average Bonchev–Trinajstić information content (AvgIpc) is 3.14. The molecule has 2 aromatic rings. The number of likely N-dealkylation sites (tertiary alicyclic amines) is 1. The van der Waals surface area contributed by atoms with Crippen molar-refractivity contribution in [2.45, 2.75) is 24.9 Å². The van der Waals surface area contributed by atoms with Crippen molar-refractivity contribution >= 4 is 40.6 Å². The fourth-order valence-corrected chi connectivity index (χ4v) is 3.64. The quantitative estimate of drug-likeness (QED) is 0.804. The summed E-state index contributed by atoms with van der Waals surface area (Å²) in [5, 5.41) is 10.2. The Hall–Kier alpha value is -3.13. The van der Waals surface area contributed by atoms with E-state index >= 15 is 0 Å². The van der Waals surface area contributed by atoms with E-state index in [-0.39, 0.29) is 11.9 Å². The topological polar surface area (TPSA) is 95.9 Å². The van der Waals surface area contributed by atoms with Crippen LogP contribution in [-0.4, -0.2) is 46.2 Å². The van der Waals surface area contributed by atoms with Crippen LogP contribution in [-0.2, 0) is 9.63 Å². The zero-order valence-corrected chi connectivity index (χ0v) is 16.4. The number of carbonyl (C=O) groups excluding carboxylic acids is 2. The summed E-state index contributed by atoms with van der Waals surface area (Å²) in [5.74, 6) is -0.322. The molecule has 150 valence electrons. The van der Waals surface area contributed by atoms with Crippen LogP contribution >= 0.6 is 11.6 Å². The molecule has 0 aliphatic carbocycles.